The van der Waals surface area contributed by atoms with Crippen molar-refractivity contribution < 1.29 is 4.74 Å². The molecule has 0 aliphatic rings. The van der Waals surface area contributed by atoms with Crippen LogP contribution < -0.4 is 0 Å². The Morgan fingerprint density at radius 2 is 1.75 bits per heavy atom. The van der Waals surface area contributed by atoms with Gasteiger partial charge >= 0.3 is 0 Å². The van der Waals surface area contributed by atoms with E-state index in [4.69, 9.17) is 4.74 Å². The smallest absolute Gasteiger partial charge is 0.0672 e. The Balaban J connectivity index is 3.07. The lowest BCUT2D eigenvalue weighted by molar-refractivity contribution is 0.248. The Hall–Kier alpha value is 0.177. The van der Waals surface area contributed by atoms with E-state index in [0.717, 1.165) is 6.23 Å². The fraction of sp³-hybridized carbons (Fsp3) is 1.00. The third kappa shape index (κ3) is 3.21. The third-order valence-electron chi connectivity index (χ3n) is 1.56. The molecule has 0 heterocycles. The minimum Gasteiger partial charge on any atom is -0.388 e. The minimum atomic E-state index is -0.414. The van der Waals surface area contributed by atoms with E-state index >= 15 is 0 Å². The Kier molecular flexibility index (Phi) is 5.43. The number of ether oxygens (including phenoxy) is 1. The highest BCUT2D eigenvalue weighted by molar-refractivity contribution is 6.58. The molecule has 0 saturated heterocycles. The molecular formula is C6H16OSi. The van der Waals surface area contributed by atoms with Gasteiger partial charge in [0.1, 0.15) is 0 Å². The monoisotopic (exact) mass is 132 g/mol. The second-order valence-corrected chi connectivity index (χ2v) is 5.84. The Labute approximate surface area is 53.7 Å². The van der Waals surface area contributed by atoms with Gasteiger partial charge in [-0.25, -0.2) is 0 Å². The molecular weight excluding hydrogens is 116 g/mol. The molecule has 0 unspecified atom stereocenters. The van der Waals surface area contributed by atoms with E-state index in [1.807, 2.05) is 0 Å². The molecule has 0 atom stereocenters. The highest BCUT2D eigenvalue weighted by Crippen LogP contribution is 1.96. The van der Waals surface area contributed by atoms with Gasteiger partial charge in [0.2, 0.25) is 0 Å². The normalized spacial score (nSPS) is 10.5. The molecule has 1 nitrogen and oxygen atoms in total. The number of rotatable bonds is 4. The molecule has 0 saturated carbocycles. The van der Waals surface area contributed by atoms with E-state index < -0.39 is 8.80 Å². The Bertz CT molecular complexity index is 43.8. The summed E-state index contributed by atoms with van der Waals surface area (Å²) in [4.78, 5) is 0. The Morgan fingerprint density at radius 3 is 1.88 bits per heavy atom. The predicted molar refractivity (Wildman–Crippen MR) is 40.0 cm³/mol. The zero-order valence-electron chi connectivity index (χ0n) is 6.11. The van der Waals surface area contributed by atoms with Crippen LogP contribution >= 0.6 is 0 Å². The molecule has 0 bridgehead atoms. The summed E-state index contributed by atoms with van der Waals surface area (Å²) in [6.07, 6.45) is 1.06. The van der Waals surface area contributed by atoms with Gasteiger partial charge in [-0.15, -0.1) is 0 Å². The van der Waals surface area contributed by atoms with Crippen LogP contribution in [0.15, 0.2) is 0 Å². The highest BCUT2D eigenvalue weighted by atomic mass is 28.3. The van der Waals surface area contributed by atoms with Crippen LogP contribution in [0.2, 0.25) is 12.1 Å². The van der Waals surface area contributed by atoms with E-state index in [2.05, 4.69) is 13.8 Å². The van der Waals surface area contributed by atoms with Gasteiger partial charge in [-0.1, -0.05) is 25.9 Å². The first-order chi connectivity index (χ1) is 3.85. The van der Waals surface area contributed by atoms with Crippen LogP contribution in [0, 0.1) is 0 Å². The van der Waals surface area contributed by atoms with Crippen molar-refractivity contribution in [1.29, 1.82) is 0 Å². The third-order valence-corrected chi connectivity index (χ3v) is 4.67. The Morgan fingerprint density at radius 1 is 1.25 bits per heavy atom. The van der Waals surface area contributed by atoms with Crippen LogP contribution in [0.25, 0.3) is 0 Å². The lowest BCUT2D eigenvalue weighted by atomic mass is 10.9. The van der Waals surface area contributed by atoms with E-state index in [9.17, 15) is 0 Å². The summed E-state index contributed by atoms with van der Waals surface area (Å²) in [7, 11) is 1.38. The van der Waals surface area contributed by atoms with Crippen LogP contribution in [0.5, 0.6) is 0 Å². The summed E-state index contributed by atoms with van der Waals surface area (Å²) in [5, 5.41) is 0. The fourth-order valence-electron chi connectivity index (χ4n) is 0.760. The van der Waals surface area contributed by atoms with Gasteiger partial charge in [-0.3, -0.25) is 0 Å². The zero-order valence-corrected chi connectivity index (χ0v) is 7.26. The molecule has 0 aliphatic heterocycles. The van der Waals surface area contributed by atoms with Gasteiger partial charge in [0.15, 0.2) is 0 Å². The zero-order chi connectivity index (χ0) is 6.41. The maximum absolute atomic E-state index is 5.05. The van der Waals surface area contributed by atoms with E-state index in [1.165, 1.54) is 12.1 Å². The molecule has 0 fully saturated rings. The van der Waals surface area contributed by atoms with Gasteiger partial charge in [-0.05, 0) is 0 Å². The molecule has 0 rings (SSSR count). The van der Waals surface area contributed by atoms with Crippen LogP contribution in [0.3, 0.4) is 0 Å². The van der Waals surface area contributed by atoms with Crippen LogP contribution in [0.4, 0.5) is 0 Å². The maximum Gasteiger partial charge on any atom is 0.0672 e. The molecule has 0 radical (unpaired) electrons. The van der Waals surface area contributed by atoms with Crippen molar-refractivity contribution in [2.75, 3.05) is 13.3 Å². The van der Waals surface area contributed by atoms with Gasteiger partial charge in [0, 0.05) is 13.3 Å². The molecule has 0 aromatic heterocycles. The standard InChI is InChI=1S/C6H16OSi/c1-4-8(5-2)6-7-3/h8H,4-6H2,1-3H3. The number of hydrogen-bond donors (Lipinski definition) is 0. The van der Waals surface area contributed by atoms with Gasteiger partial charge in [0.05, 0.1) is 8.80 Å². The average molecular weight is 132 g/mol. The largest absolute Gasteiger partial charge is 0.388 e. The highest BCUT2D eigenvalue weighted by Gasteiger charge is 2.02. The summed E-state index contributed by atoms with van der Waals surface area (Å²) >= 11 is 0. The van der Waals surface area contributed by atoms with E-state index in [1.54, 1.807) is 7.11 Å². The first kappa shape index (κ1) is 8.18. The second kappa shape index (κ2) is 5.32. The van der Waals surface area contributed by atoms with Crippen molar-refractivity contribution in [2.45, 2.75) is 25.9 Å². The summed E-state index contributed by atoms with van der Waals surface area (Å²) in [5.41, 5.74) is 0. The topological polar surface area (TPSA) is 9.23 Å². The predicted octanol–water partition coefficient (Wildman–Crippen LogP) is 1.44. The summed E-state index contributed by atoms with van der Waals surface area (Å²) in [6, 6.07) is 2.76. The molecule has 0 amide bonds. The van der Waals surface area contributed by atoms with Crippen LogP contribution in [0.1, 0.15) is 13.8 Å². The first-order valence-corrected chi connectivity index (χ1v) is 5.79. The molecule has 0 N–H and O–H groups in total. The number of hydrogen-bond acceptors (Lipinski definition) is 1. The van der Waals surface area contributed by atoms with E-state index in [0.29, 0.717) is 0 Å². The van der Waals surface area contributed by atoms with E-state index in [-0.39, 0.29) is 0 Å². The van der Waals surface area contributed by atoms with Crippen molar-refractivity contribution in [3.8, 4) is 0 Å². The summed E-state index contributed by atoms with van der Waals surface area (Å²) < 4.78 is 5.05. The average Bonchev–Trinajstić information content (AvgIpc) is 1.83. The molecule has 0 aromatic carbocycles. The maximum atomic E-state index is 5.05. The van der Waals surface area contributed by atoms with Crippen molar-refractivity contribution in [1.82, 2.24) is 0 Å². The summed E-state index contributed by atoms with van der Waals surface area (Å²) in [5.74, 6) is 0. The molecule has 0 aliphatic carbocycles. The number of methoxy groups -OCH3 is 1. The van der Waals surface area contributed by atoms with Crippen molar-refractivity contribution >= 4 is 8.80 Å². The lowest BCUT2D eigenvalue weighted by Gasteiger charge is -2.06. The first-order valence-electron chi connectivity index (χ1n) is 3.34. The molecule has 8 heavy (non-hydrogen) atoms. The van der Waals surface area contributed by atoms with Gasteiger partial charge < -0.3 is 4.74 Å². The van der Waals surface area contributed by atoms with Crippen LogP contribution in [-0.2, 0) is 4.74 Å². The minimum absolute atomic E-state index is 0.414. The quantitative estimate of drug-likeness (QED) is 0.526. The molecule has 0 aromatic rings. The molecule has 2 heteroatoms. The van der Waals surface area contributed by atoms with Crippen molar-refractivity contribution in [3.05, 3.63) is 0 Å². The van der Waals surface area contributed by atoms with Crippen LogP contribution in [-0.4, -0.2) is 22.1 Å². The lowest BCUT2D eigenvalue weighted by Crippen LogP contribution is -2.16. The molecule has 50 valence electrons. The van der Waals surface area contributed by atoms with Crippen molar-refractivity contribution in [3.63, 3.8) is 0 Å². The van der Waals surface area contributed by atoms with Gasteiger partial charge in [0.25, 0.3) is 0 Å². The molecule has 0 spiro atoms. The van der Waals surface area contributed by atoms with Crippen molar-refractivity contribution in [2.24, 2.45) is 0 Å². The SMILES string of the molecule is CC[SiH](CC)COC. The summed E-state index contributed by atoms with van der Waals surface area (Å²) in [6.45, 7) is 4.53. The second-order valence-electron chi connectivity index (χ2n) is 2.14. The van der Waals surface area contributed by atoms with Gasteiger partial charge in [-0.2, -0.15) is 0 Å². The fourth-order valence-corrected chi connectivity index (χ4v) is 2.28.